The number of aromatic nitrogens is 1. The second-order valence-electron chi connectivity index (χ2n) is 7.71. The number of methoxy groups -OCH3 is 2. The Morgan fingerprint density at radius 2 is 2.07 bits per heavy atom. The van der Waals surface area contributed by atoms with Gasteiger partial charge in [-0.15, -0.1) is 11.3 Å². The maximum absolute atomic E-state index is 13.0. The van der Waals surface area contributed by atoms with Crippen LogP contribution >= 0.6 is 11.3 Å². The highest BCUT2D eigenvalue weighted by Crippen LogP contribution is 2.31. The van der Waals surface area contributed by atoms with Crippen molar-refractivity contribution in [2.75, 3.05) is 34.4 Å². The normalized spacial score (nSPS) is 18.5. The summed E-state index contributed by atoms with van der Waals surface area (Å²) in [6.45, 7) is 1.98. The number of fused-ring (bicyclic) bond motifs is 1. The lowest BCUT2D eigenvalue weighted by atomic mass is 10.0. The van der Waals surface area contributed by atoms with Crippen LogP contribution in [0.5, 0.6) is 11.5 Å². The molecule has 0 bridgehead atoms. The summed E-state index contributed by atoms with van der Waals surface area (Å²) < 4.78 is 12.2. The van der Waals surface area contributed by atoms with Crippen molar-refractivity contribution in [1.82, 2.24) is 9.88 Å². The van der Waals surface area contributed by atoms with Gasteiger partial charge in [0, 0.05) is 19.9 Å². The quantitative estimate of drug-likeness (QED) is 0.631. The molecule has 1 aliphatic heterocycles. The zero-order chi connectivity index (χ0) is 21.1. The fraction of sp³-hybridized carbons (Fsp3) is 0.391. The molecule has 1 fully saturated rings. The van der Waals surface area contributed by atoms with Gasteiger partial charge in [-0.1, -0.05) is 12.1 Å². The van der Waals surface area contributed by atoms with E-state index in [1.54, 1.807) is 30.5 Å². The molecule has 0 spiro atoms. The molecule has 2 aromatic carbocycles. The van der Waals surface area contributed by atoms with E-state index in [4.69, 9.17) is 9.47 Å². The van der Waals surface area contributed by atoms with E-state index in [9.17, 15) is 4.79 Å². The van der Waals surface area contributed by atoms with Gasteiger partial charge in [0.1, 0.15) is 22.5 Å². The number of hydrogen-bond donors (Lipinski definition) is 1. The number of carbonyl (C=O) groups is 1. The van der Waals surface area contributed by atoms with Crippen molar-refractivity contribution in [3.8, 4) is 11.5 Å². The fourth-order valence-corrected chi connectivity index (χ4v) is 5.24. The Balaban J connectivity index is 1.45. The molecule has 1 N–H and O–H groups in total. The number of thiazole rings is 1. The maximum Gasteiger partial charge on any atom is 0.277 e. The molecular weight excluding hydrogens is 398 g/mol. The first-order valence-electron chi connectivity index (χ1n) is 10.2. The molecular formula is C23H28N3O3S+. The summed E-state index contributed by atoms with van der Waals surface area (Å²) in [5.74, 6) is 1.81. The molecule has 4 rings (SSSR count). The molecule has 3 aromatic rings. The van der Waals surface area contributed by atoms with Crippen LogP contribution in [0.15, 0.2) is 42.5 Å². The number of likely N-dealkylation sites (tertiary alicyclic amines) is 1. The van der Waals surface area contributed by atoms with Gasteiger partial charge >= 0.3 is 0 Å². The third-order valence-corrected chi connectivity index (χ3v) is 6.83. The summed E-state index contributed by atoms with van der Waals surface area (Å²) in [4.78, 5) is 20.7. The molecule has 6 nitrogen and oxygen atoms in total. The molecule has 1 unspecified atom stereocenters. The van der Waals surface area contributed by atoms with E-state index in [0.29, 0.717) is 13.1 Å². The molecule has 1 aliphatic rings. The average Bonchev–Trinajstić information content (AvgIpc) is 3.39. The van der Waals surface area contributed by atoms with Crippen molar-refractivity contribution in [3.63, 3.8) is 0 Å². The number of benzene rings is 2. The molecule has 0 saturated carbocycles. The van der Waals surface area contributed by atoms with Crippen LogP contribution in [0.1, 0.15) is 29.5 Å². The first-order valence-corrected chi connectivity index (χ1v) is 11.1. The van der Waals surface area contributed by atoms with Crippen molar-refractivity contribution < 1.29 is 19.2 Å². The van der Waals surface area contributed by atoms with Crippen LogP contribution in [-0.2, 0) is 11.3 Å². The minimum Gasteiger partial charge on any atom is -0.497 e. The van der Waals surface area contributed by atoms with Gasteiger partial charge in [0.2, 0.25) is 0 Å². The molecule has 1 saturated heterocycles. The zero-order valence-corrected chi connectivity index (χ0v) is 18.5. The van der Waals surface area contributed by atoms with Gasteiger partial charge in [0.25, 0.3) is 5.91 Å². The molecule has 2 heterocycles. The Bertz CT molecular complexity index is 1000. The maximum atomic E-state index is 13.0. The molecule has 1 aromatic heterocycles. The first-order chi connectivity index (χ1) is 14.6. The molecule has 0 aliphatic carbocycles. The largest absolute Gasteiger partial charge is 0.497 e. The van der Waals surface area contributed by atoms with Crippen LogP contribution in [0.25, 0.3) is 10.2 Å². The number of carbonyl (C=O) groups excluding carboxylic acids is 1. The lowest BCUT2D eigenvalue weighted by molar-refractivity contribution is -0.910. The number of quaternary nitrogens is 1. The van der Waals surface area contributed by atoms with Crippen LogP contribution in [0, 0.1) is 0 Å². The van der Waals surface area contributed by atoms with Crippen LogP contribution in [0.3, 0.4) is 0 Å². The number of hydrogen-bond acceptors (Lipinski definition) is 5. The number of ether oxygens (including phenoxy) is 2. The number of amides is 1. The van der Waals surface area contributed by atoms with E-state index in [0.717, 1.165) is 51.7 Å². The first kappa shape index (κ1) is 20.6. The highest BCUT2D eigenvalue weighted by Gasteiger charge is 2.34. The second kappa shape index (κ2) is 9.02. The lowest BCUT2D eigenvalue weighted by Crippen LogP contribution is -3.11. The summed E-state index contributed by atoms with van der Waals surface area (Å²) in [6, 6.07) is 14.2. The topological polar surface area (TPSA) is 56.1 Å². The van der Waals surface area contributed by atoms with E-state index in [1.165, 1.54) is 4.90 Å². The third kappa shape index (κ3) is 4.27. The molecule has 30 heavy (non-hydrogen) atoms. The number of rotatable bonds is 7. The third-order valence-electron chi connectivity index (χ3n) is 5.81. The Kier molecular flexibility index (Phi) is 6.20. The van der Waals surface area contributed by atoms with Gasteiger partial charge in [0.05, 0.1) is 43.1 Å². The monoisotopic (exact) mass is 426 g/mol. The van der Waals surface area contributed by atoms with Crippen LogP contribution in [0.4, 0.5) is 0 Å². The SMILES string of the molecule is COc1ccc(OC)c([C@@H]2CCC[NH+]2CC(=O)N(C)Cc2nc3ccccc3s2)c1. The van der Waals surface area contributed by atoms with Gasteiger partial charge in [0.15, 0.2) is 6.54 Å². The minimum absolute atomic E-state index is 0.137. The van der Waals surface area contributed by atoms with E-state index in [2.05, 4.69) is 11.1 Å². The van der Waals surface area contributed by atoms with Crippen molar-refractivity contribution in [2.45, 2.75) is 25.4 Å². The smallest absolute Gasteiger partial charge is 0.277 e. The summed E-state index contributed by atoms with van der Waals surface area (Å²) in [6.07, 6.45) is 2.13. The Morgan fingerprint density at radius 3 is 2.83 bits per heavy atom. The van der Waals surface area contributed by atoms with E-state index in [1.807, 2.05) is 43.4 Å². The van der Waals surface area contributed by atoms with Crippen molar-refractivity contribution in [2.24, 2.45) is 0 Å². The fourth-order valence-electron chi connectivity index (χ4n) is 4.22. The molecule has 1 amide bonds. The molecule has 7 heteroatoms. The average molecular weight is 427 g/mol. The standard InChI is InChI=1S/C23H27N3O3S/c1-25(14-22-24-18-7-4-5-9-21(18)30-22)23(27)15-26-12-6-8-19(26)17-13-16(28-2)10-11-20(17)29-3/h4-5,7,9-11,13,19H,6,8,12,14-15H2,1-3H3/p+1/t19-/m0/s1. The second-order valence-corrected chi connectivity index (χ2v) is 8.83. The summed E-state index contributed by atoms with van der Waals surface area (Å²) >= 11 is 1.65. The molecule has 0 radical (unpaired) electrons. The Morgan fingerprint density at radius 1 is 1.23 bits per heavy atom. The number of nitrogens with zero attached hydrogens (tertiary/aromatic N) is 2. The molecule has 2 atom stereocenters. The van der Waals surface area contributed by atoms with Gasteiger partial charge in [-0.05, 0) is 30.3 Å². The van der Waals surface area contributed by atoms with Crippen LogP contribution < -0.4 is 14.4 Å². The summed E-state index contributed by atoms with van der Waals surface area (Å²) in [5, 5.41) is 0.967. The highest BCUT2D eigenvalue weighted by atomic mass is 32.1. The summed E-state index contributed by atoms with van der Waals surface area (Å²) in [7, 11) is 5.23. The number of para-hydroxylation sites is 1. The van der Waals surface area contributed by atoms with Gasteiger partial charge < -0.3 is 19.3 Å². The lowest BCUT2D eigenvalue weighted by Gasteiger charge is -2.25. The molecule has 158 valence electrons. The van der Waals surface area contributed by atoms with E-state index < -0.39 is 0 Å². The van der Waals surface area contributed by atoms with Crippen LogP contribution in [-0.4, -0.2) is 50.1 Å². The minimum atomic E-state index is 0.137. The Labute approximate surface area is 181 Å². The van der Waals surface area contributed by atoms with Crippen molar-refractivity contribution in [3.05, 3.63) is 53.0 Å². The number of likely N-dealkylation sites (N-methyl/N-ethyl adjacent to an activating group) is 1. The predicted molar refractivity (Wildman–Crippen MR) is 118 cm³/mol. The highest BCUT2D eigenvalue weighted by molar-refractivity contribution is 7.18. The zero-order valence-electron chi connectivity index (χ0n) is 17.7. The number of nitrogens with one attached hydrogen (secondary N) is 1. The van der Waals surface area contributed by atoms with Gasteiger partial charge in [-0.3, -0.25) is 4.79 Å². The van der Waals surface area contributed by atoms with Gasteiger partial charge in [-0.25, -0.2) is 4.98 Å². The van der Waals surface area contributed by atoms with Gasteiger partial charge in [-0.2, -0.15) is 0 Å². The predicted octanol–water partition coefficient (Wildman–Crippen LogP) is 2.69. The van der Waals surface area contributed by atoms with Crippen molar-refractivity contribution >= 4 is 27.5 Å². The van der Waals surface area contributed by atoms with Crippen molar-refractivity contribution in [1.29, 1.82) is 0 Å². The van der Waals surface area contributed by atoms with E-state index in [-0.39, 0.29) is 11.9 Å². The summed E-state index contributed by atoms with van der Waals surface area (Å²) in [5.41, 5.74) is 2.11. The van der Waals surface area contributed by atoms with E-state index >= 15 is 0 Å². The van der Waals surface area contributed by atoms with Crippen LogP contribution in [0.2, 0.25) is 0 Å². The Hall–Kier alpha value is -2.64.